The molecule has 0 aromatic carbocycles. The smallest absolute Gasteiger partial charge is 0.426 e. The maximum Gasteiger partial charge on any atom is 0.426 e. The number of alkyl halides is 3. The number of hydrogen-bond donors (Lipinski definition) is 0. The third kappa shape index (κ3) is 3.88. The summed E-state index contributed by atoms with van der Waals surface area (Å²) in [5, 5.41) is -1.18. The number of rotatable bonds is 5. The van der Waals surface area contributed by atoms with Crippen molar-refractivity contribution in [3.8, 4) is 0 Å². The maximum absolute atomic E-state index is 12.6. The Balaban J connectivity index is 1.98. The second kappa shape index (κ2) is 6.58. The molecule has 2 rings (SSSR count). The van der Waals surface area contributed by atoms with Crippen molar-refractivity contribution in [1.29, 1.82) is 0 Å². The van der Waals surface area contributed by atoms with Crippen LogP contribution in [0.15, 0.2) is 34.9 Å². The summed E-state index contributed by atoms with van der Waals surface area (Å²) in [5.74, 6) is -1.58. The molecule has 0 aromatic heterocycles. The minimum Gasteiger partial charge on any atom is -0.461 e. The molecule has 0 heterocycles. The Bertz CT molecular complexity index is 602. The van der Waals surface area contributed by atoms with Crippen molar-refractivity contribution in [3.05, 3.63) is 34.9 Å². The van der Waals surface area contributed by atoms with Gasteiger partial charge in [-0.05, 0) is 24.7 Å². The minimum absolute atomic E-state index is 0.230. The number of allylic oxidation sites excluding steroid dienone is 3. The van der Waals surface area contributed by atoms with Crippen molar-refractivity contribution in [2.24, 2.45) is 17.3 Å². The molecule has 6 heteroatoms. The van der Waals surface area contributed by atoms with Crippen LogP contribution in [-0.2, 0) is 9.53 Å². The molecular weight excluding hydrogens is 341 g/mol. The molecule has 24 heavy (non-hydrogen) atoms. The maximum atomic E-state index is 12.6. The predicted octanol–water partition coefficient (Wildman–Crippen LogP) is 5.54. The molecule has 0 aliphatic heterocycles. The van der Waals surface area contributed by atoms with Gasteiger partial charge in [0.05, 0.1) is 5.92 Å². The zero-order chi connectivity index (χ0) is 18.3. The molecule has 0 amide bonds. The van der Waals surface area contributed by atoms with Crippen molar-refractivity contribution in [1.82, 2.24) is 0 Å². The first-order chi connectivity index (χ1) is 11.0. The molecule has 0 N–H and O–H groups in total. The van der Waals surface area contributed by atoms with Crippen LogP contribution in [0.1, 0.15) is 40.0 Å². The molecule has 2 aliphatic rings. The zero-order valence-corrected chi connectivity index (χ0v) is 14.8. The van der Waals surface area contributed by atoms with E-state index in [2.05, 4.69) is 6.58 Å². The first-order valence-corrected chi connectivity index (χ1v) is 8.29. The van der Waals surface area contributed by atoms with Gasteiger partial charge in [-0.1, -0.05) is 48.7 Å². The predicted molar refractivity (Wildman–Crippen MR) is 87.4 cm³/mol. The first-order valence-electron chi connectivity index (χ1n) is 7.91. The fourth-order valence-electron chi connectivity index (χ4n) is 3.45. The lowest BCUT2D eigenvalue weighted by Crippen LogP contribution is -2.19. The van der Waals surface area contributed by atoms with Crippen molar-refractivity contribution >= 4 is 17.6 Å². The Hall–Kier alpha value is -1.23. The second-order valence-corrected chi connectivity index (χ2v) is 7.59. The van der Waals surface area contributed by atoms with Crippen molar-refractivity contribution in [2.75, 3.05) is 0 Å². The first kappa shape index (κ1) is 19.1. The molecule has 0 radical (unpaired) electrons. The molecule has 0 saturated heterocycles. The fourth-order valence-corrected chi connectivity index (χ4v) is 3.59. The molecule has 2 aliphatic carbocycles. The monoisotopic (exact) mass is 362 g/mol. The van der Waals surface area contributed by atoms with Crippen molar-refractivity contribution < 1.29 is 22.7 Å². The molecule has 1 unspecified atom stereocenters. The van der Waals surface area contributed by atoms with E-state index < -0.39 is 34.4 Å². The lowest BCUT2D eigenvalue weighted by Gasteiger charge is -2.13. The van der Waals surface area contributed by atoms with Crippen LogP contribution in [-0.4, -0.2) is 18.2 Å². The Morgan fingerprint density at radius 3 is 2.58 bits per heavy atom. The molecule has 1 saturated carbocycles. The molecule has 134 valence electrons. The van der Waals surface area contributed by atoms with Gasteiger partial charge in [0.25, 0.3) is 0 Å². The fraction of sp³-hybridized carbons (Fsp3) is 0.611. The van der Waals surface area contributed by atoms with Gasteiger partial charge in [-0.2, -0.15) is 13.2 Å². The topological polar surface area (TPSA) is 26.3 Å². The Labute approximate surface area is 145 Å². The zero-order valence-electron chi connectivity index (χ0n) is 14.0. The van der Waals surface area contributed by atoms with Crippen LogP contribution in [0.25, 0.3) is 0 Å². The lowest BCUT2D eigenvalue weighted by molar-refractivity contribution is -0.151. The van der Waals surface area contributed by atoms with Crippen LogP contribution in [0.2, 0.25) is 0 Å². The van der Waals surface area contributed by atoms with Crippen molar-refractivity contribution in [3.63, 3.8) is 0 Å². The van der Waals surface area contributed by atoms with E-state index in [-0.39, 0.29) is 6.10 Å². The van der Waals surface area contributed by atoms with E-state index >= 15 is 0 Å². The molecule has 1 fully saturated rings. The Morgan fingerprint density at radius 1 is 1.42 bits per heavy atom. The second-order valence-electron chi connectivity index (χ2n) is 7.18. The lowest BCUT2D eigenvalue weighted by atomic mass is 10.1. The number of esters is 1. The average Bonchev–Trinajstić information content (AvgIpc) is 2.78. The summed E-state index contributed by atoms with van der Waals surface area (Å²) in [6, 6.07) is 0. The average molecular weight is 363 g/mol. The minimum atomic E-state index is -4.58. The van der Waals surface area contributed by atoms with E-state index in [1.54, 1.807) is 13.8 Å². The van der Waals surface area contributed by atoms with Gasteiger partial charge < -0.3 is 4.74 Å². The highest BCUT2D eigenvalue weighted by atomic mass is 35.5. The number of halogens is 4. The van der Waals surface area contributed by atoms with Crippen LogP contribution in [0.3, 0.4) is 0 Å². The summed E-state index contributed by atoms with van der Waals surface area (Å²) >= 11 is 5.30. The van der Waals surface area contributed by atoms with Gasteiger partial charge in [0.15, 0.2) is 0 Å². The number of hydrogen-bond acceptors (Lipinski definition) is 2. The third-order valence-electron chi connectivity index (χ3n) is 5.05. The van der Waals surface area contributed by atoms with Crippen LogP contribution in [0.5, 0.6) is 0 Å². The Morgan fingerprint density at radius 2 is 2.04 bits per heavy atom. The summed E-state index contributed by atoms with van der Waals surface area (Å²) < 4.78 is 43.3. The summed E-state index contributed by atoms with van der Waals surface area (Å²) in [6.07, 6.45) is 0.0441. The number of carbonyl (C=O) groups excluding carboxylic acids is 1. The van der Waals surface area contributed by atoms with Gasteiger partial charge in [-0.3, -0.25) is 4.79 Å². The normalized spacial score (nSPS) is 29.6. The van der Waals surface area contributed by atoms with Crippen LogP contribution < -0.4 is 0 Å². The van der Waals surface area contributed by atoms with Gasteiger partial charge in [0, 0.05) is 12.8 Å². The molecule has 0 bridgehead atoms. The SMILES string of the molecule is C=CCC1=C(C)CC(OC(=O)[C@H]2[C@@H](/C=C(\Cl)C(F)(F)F)C2(C)C)C1. The van der Waals surface area contributed by atoms with Gasteiger partial charge in [0.2, 0.25) is 0 Å². The van der Waals surface area contributed by atoms with E-state index in [0.29, 0.717) is 12.8 Å². The van der Waals surface area contributed by atoms with Crippen LogP contribution in [0.4, 0.5) is 13.2 Å². The van der Waals surface area contributed by atoms with Gasteiger partial charge in [0.1, 0.15) is 11.1 Å². The summed E-state index contributed by atoms with van der Waals surface area (Å²) in [4.78, 5) is 12.4. The van der Waals surface area contributed by atoms with E-state index in [4.69, 9.17) is 16.3 Å². The molecular formula is C18H22ClF3O2. The van der Waals surface area contributed by atoms with Crippen LogP contribution >= 0.6 is 11.6 Å². The summed E-state index contributed by atoms with van der Waals surface area (Å²) in [5.41, 5.74) is 1.83. The molecule has 2 nitrogen and oxygen atoms in total. The van der Waals surface area contributed by atoms with E-state index in [1.807, 2.05) is 13.0 Å². The summed E-state index contributed by atoms with van der Waals surface area (Å²) in [7, 11) is 0. The number of ether oxygens (including phenoxy) is 1. The Kier molecular flexibility index (Phi) is 5.24. The van der Waals surface area contributed by atoms with Gasteiger partial charge in [-0.15, -0.1) is 6.58 Å². The van der Waals surface area contributed by atoms with Crippen molar-refractivity contribution in [2.45, 2.75) is 52.3 Å². The number of carbonyl (C=O) groups is 1. The standard InChI is InChI=1S/C18H22ClF3O2/c1-5-6-11-8-12(7-10(11)2)24-16(23)15-13(17(15,3)4)9-14(19)18(20,21)22/h5,9,12-13,15H,1,6-8H2,2-4H3/b14-9-/t12?,13-,15-/m1/s1. The molecule has 3 atom stereocenters. The third-order valence-corrected chi connectivity index (χ3v) is 5.39. The van der Waals surface area contributed by atoms with E-state index in [9.17, 15) is 18.0 Å². The highest BCUT2D eigenvalue weighted by Gasteiger charge is 2.62. The highest BCUT2D eigenvalue weighted by molar-refractivity contribution is 6.30. The quantitative estimate of drug-likeness (QED) is 0.474. The summed E-state index contributed by atoms with van der Waals surface area (Å²) in [6.45, 7) is 9.21. The molecule has 0 spiro atoms. The highest BCUT2D eigenvalue weighted by Crippen LogP contribution is 2.60. The van der Waals surface area contributed by atoms with E-state index in [0.717, 1.165) is 12.5 Å². The largest absolute Gasteiger partial charge is 0.461 e. The molecule has 0 aromatic rings. The van der Waals surface area contributed by atoms with Crippen LogP contribution in [0, 0.1) is 17.3 Å². The van der Waals surface area contributed by atoms with E-state index in [1.165, 1.54) is 11.1 Å². The van der Waals surface area contributed by atoms with Gasteiger partial charge >= 0.3 is 12.1 Å². The van der Waals surface area contributed by atoms with Gasteiger partial charge in [-0.25, -0.2) is 0 Å².